The van der Waals surface area contributed by atoms with Crippen LogP contribution in [0.2, 0.25) is 0 Å². The lowest BCUT2D eigenvalue weighted by Gasteiger charge is -2.39. The summed E-state index contributed by atoms with van der Waals surface area (Å²) in [6, 6.07) is 6.04. The molecule has 2 unspecified atom stereocenters. The number of piperidine rings is 2. The van der Waals surface area contributed by atoms with E-state index in [1.807, 2.05) is 6.92 Å². The van der Waals surface area contributed by atoms with Gasteiger partial charge in [0.15, 0.2) is 10.9 Å². The third kappa shape index (κ3) is 8.78. The van der Waals surface area contributed by atoms with E-state index in [4.69, 9.17) is 4.74 Å². The molecule has 0 radical (unpaired) electrons. The van der Waals surface area contributed by atoms with Gasteiger partial charge in [-0.25, -0.2) is 4.39 Å². The van der Waals surface area contributed by atoms with E-state index in [1.54, 1.807) is 25.1 Å². The highest BCUT2D eigenvalue weighted by molar-refractivity contribution is 8.14. The molecule has 0 aromatic heterocycles. The zero-order valence-corrected chi connectivity index (χ0v) is 24.6. The molecule has 0 bridgehead atoms. The Balaban J connectivity index is 0.00000253. The lowest BCUT2D eigenvalue weighted by atomic mass is 9.89. The van der Waals surface area contributed by atoms with Crippen LogP contribution in [0, 0.1) is 17.7 Å². The fourth-order valence-corrected chi connectivity index (χ4v) is 6.32. The summed E-state index contributed by atoms with van der Waals surface area (Å²) in [4.78, 5) is 41.4. The molecular weight excluding hydrogens is 550 g/mol. The third-order valence-electron chi connectivity index (χ3n) is 7.34. The van der Waals surface area contributed by atoms with Crippen molar-refractivity contribution < 1.29 is 23.5 Å². The van der Waals surface area contributed by atoms with E-state index in [0.717, 1.165) is 50.8 Å². The summed E-state index contributed by atoms with van der Waals surface area (Å²) in [5.41, 5.74) is 1.62. The summed E-state index contributed by atoms with van der Waals surface area (Å²) < 4.78 is 19.9. The van der Waals surface area contributed by atoms with Crippen molar-refractivity contribution in [3.8, 4) is 0 Å². The van der Waals surface area contributed by atoms with Crippen LogP contribution >= 0.6 is 36.6 Å². The van der Waals surface area contributed by atoms with Crippen LogP contribution < -0.4 is 0 Å². The van der Waals surface area contributed by atoms with Crippen LogP contribution in [0.5, 0.6) is 0 Å². The Morgan fingerprint density at radius 3 is 2.37 bits per heavy atom. The zero-order valence-electron chi connectivity index (χ0n) is 22.1. The van der Waals surface area contributed by atoms with Gasteiger partial charge in [0.2, 0.25) is 0 Å². The van der Waals surface area contributed by atoms with Gasteiger partial charge in [-0.15, -0.1) is 24.8 Å². The summed E-state index contributed by atoms with van der Waals surface area (Å²) in [6.07, 6.45) is 6.67. The first kappa shape index (κ1) is 32.8. The molecule has 1 aliphatic carbocycles. The third-order valence-corrected chi connectivity index (χ3v) is 8.50. The van der Waals surface area contributed by atoms with Crippen molar-refractivity contribution in [3.63, 3.8) is 0 Å². The minimum absolute atomic E-state index is 0. The molecule has 2 heterocycles. The summed E-state index contributed by atoms with van der Waals surface area (Å²) in [5, 5.41) is 0.164. The second kappa shape index (κ2) is 15.4. The monoisotopic (exact) mass is 588 g/mol. The topological polar surface area (TPSA) is 66.9 Å². The number of hydrogen-bond acceptors (Lipinski definition) is 7. The normalized spacial score (nSPS) is 22.7. The van der Waals surface area contributed by atoms with Crippen LogP contribution in [0.25, 0.3) is 0 Å². The second-order valence-corrected chi connectivity index (χ2v) is 11.5. The predicted octanol–water partition coefficient (Wildman–Crippen LogP) is 5.25. The van der Waals surface area contributed by atoms with Crippen molar-refractivity contribution in [1.82, 2.24) is 9.80 Å². The first-order valence-corrected chi connectivity index (χ1v) is 14.0. The molecule has 38 heavy (non-hydrogen) atoms. The largest absolute Gasteiger partial charge is 0.465 e. The number of esters is 1. The van der Waals surface area contributed by atoms with Crippen molar-refractivity contribution in [3.05, 3.63) is 47.3 Å². The van der Waals surface area contributed by atoms with Gasteiger partial charge in [-0.05, 0) is 69.7 Å². The number of ketones is 1. The highest BCUT2D eigenvalue weighted by Crippen LogP contribution is 2.41. The van der Waals surface area contributed by atoms with Gasteiger partial charge in [0.25, 0.3) is 0 Å². The summed E-state index contributed by atoms with van der Waals surface area (Å²) in [6.45, 7) is 6.98. The Morgan fingerprint density at radius 2 is 1.76 bits per heavy atom. The molecule has 10 heteroatoms. The number of Topliss-reactive ketones (excluding diaryl/α,β-unsaturated/α-hetero) is 1. The van der Waals surface area contributed by atoms with E-state index in [-0.39, 0.29) is 58.7 Å². The van der Waals surface area contributed by atoms with Crippen LogP contribution in [-0.2, 0) is 19.1 Å². The van der Waals surface area contributed by atoms with Crippen molar-refractivity contribution in [2.45, 2.75) is 57.2 Å². The molecule has 0 spiro atoms. The van der Waals surface area contributed by atoms with Crippen molar-refractivity contribution in [2.75, 3.05) is 39.3 Å². The minimum Gasteiger partial charge on any atom is -0.465 e. The molecule has 3 fully saturated rings. The molecule has 212 valence electrons. The smallest absolute Gasteiger partial charge is 0.320 e. The molecule has 2 saturated heterocycles. The lowest BCUT2D eigenvalue weighted by molar-refractivity contribution is -0.144. The highest BCUT2D eigenvalue weighted by Gasteiger charge is 2.41. The minimum atomic E-state index is -0.586. The number of hydrogen-bond donors (Lipinski definition) is 0. The van der Waals surface area contributed by atoms with E-state index in [2.05, 4.69) is 15.9 Å². The van der Waals surface area contributed by atoms with E-state index < -0.39 is 6.04 Å². The van der Waals surface area contributed by atoms with Gasteiger partial charge in [-0.3, -0.25) is 24.2 Å². The van der Waals surface area contributed by atoms with Crippen LogP contribution in [0.3, 0.4) is 0 Å². The molecular formula is C28H39Cl2FN2O4S. The molecule has 2 aliphatic heterocycles. The van der Waals surface area contributed by atoms with Crippen molar-refractivity contribution >= 4 is 53.4 Å². The van der Waals surface area contributed by atoms with Gasteiger partial charge >= 0.3 is 5.97 Å². The maximum absolute atomic E-state index is 14.9. The fourth-order valence-electron chi connectivity index (χ4n) is 5.39. The number of halogens is 3. The SMILES string of the molecule is CCOC(=O)CN1CCC(C=C2CN(C(C(=O)C3CC3)c3ccccc3F)CCC2SC(C)=O)CC1.Cl.Cl. The number of benzene rings is 1. The standard InChI is InChI=1S/C28H37FN2O4S.2ClH/c1-3-35-26(33)18-30-13-10-20(11-14-30)16-22-17-31(15-12-25(22)36-19(2)32)27(28(34)21-8-9-21)23-6-4-5-7-24(23)29;;/h4-7,16,20-21,25,27H,3,8-15,17-18H2,1-2H3;2*1H. The number of rotatable bonds is 9. The molecule has 4 rings (SSSR count). The van der Waals surface area contributed by atoms with Crippen LogP contribution in [0.15, 0.2) is 35.9 Å². The molecule has 6 nitrogen and oxygen atoms in total. The van der Waals surface area contributed by atoms with E-state index in [0.29, 0.717) is 37.7 Å². The highest BCUT2D eigenvalue weighted by atomic mass is 35.5. The average molecular weight is 590 g/mol. The number of likely N-dealkylation sites (tertiary alicyclic amines) is 2. The number of carbonyl (C=O) groups is 3. The Morgan fingerprint density at radius 1 is 1.08 bits per heavy atom. The number of carbonyl (C=O) groups excluding carboxylic acids is 3. The molecule has 1 aromatic carbocycles. The van der Waals surface area contributed by atoms with E-state index in [9.17, 15) is 18.8 Å². The fraction of sp³-hybridized carbons (Fsp3) is 0.607. The van der Waals surface area contributed by atoms with Gasteiger partial charge in [0, 0.05) is 36.7 Å². The van der Waals surface area contributed by atoms with Gasteiger partial charge < -0.3 is 4.74 Å². The number of thioether (sulfide) groups is 1. The van der Waals surface area contributed by atoms with Crippen LogP contribution in [-0.4, -0.2) is 71.2 Å². The zero-order chi connectivity index (χ0) is 25.7. The Labute approximate surface area is 241 Å². The molecule has 1 saturated carbocycles. The summed E-state index contributed by atoms with van der Waals surface area (Å²) in [7, 11) is 0. The molecule has 0 amide bonds. The molecule has 0 N–H and O–H groups in total. The lowest BCUT2D eigenvalue weighted by Crippen LogP contribution is -2.43. The quantitative estimate of drug-likeness (QED) is 0.288. The molecule has 2 atom stereocenters. The van der Waals surface area contributed by atoms with E-state index in [1.165, 1.54) is 17.8 Å². The van der Waals surface area contributed by atoms with Crippen molar-refractivity contribution in [2.24, 2.45) is 11.8 Å². The predicted molar refractivity (Wildman–Crippen MR) is 153 cm³/mol. The Bertz CT molecular complexity index is 999. The van der Waals surface area contributed by atoms with Gasteiger partial charge in [0.1, 0.15) is 5.82 Å². The summed E-state index contributed by atoms with van der Waals surface area (Å²) in [5.74, 6) is -0.0372. The maximum atomic E-state index is 14.9. The first-order valence-electron chi connectivity index (χ1n) is 13.1. The Kier molecular flexibility index (Phi) is 13.2. The maximum Gasteiger partial charge on any atom is 0.320 e. The first-order chi connectivity index (χ1) is 17.4. The summed E-state index contributed by atoms with van der Waals surface area (Å²) >= 11 is 1.36. The number of nitrogens with zero attached hydrogens (tertiary/aromatic N) is 2. The van der Waals surface area contributed by atoms with Gasteiger partial charge in [-0.2, -0.15) is 0 Å². The van der Waals surface area contributed by atoms with Crippen molar-refractivity contribution in [1.29, 1.82) is 0 Å². The van der Waals surface area contributed by atoms with Crippen LogP contribution in [0.4, 0.5) is 4.39 Å². The average Bonchev–Trinajstić information content (AvgIpc) is 3.69. The van der Waals surface area contributed by atoms with Gasteiger partial charge in [-0.1, -0.05) is 36.0 Å². The number of ether oxygens (including phenoxy) is 1. The Hall–Kier alpha value is -1.45. The van der Waals surface area contributed by atoms with Crippen LogP contribution in [0.1, 0.15) is 57.6 Å². The second-order valence-electron chi connectivity index (χ2n) is 10.1. The van der Waals surface area contributed by atoms with Gasteiger partial charge in [0.05, 0.1) is 19.2 Å². The molecule has 3 aliphatic rings. The molecule has 1 aromatic rings. The van der Waals surface area contributed by atoms with E-state index >= 15 is 0 Å². The number of allylic oxidation sites excluding steroid dienone is 1.